The number of nitrogens with one attached hydrogen (secondary N) is 1. The normalized spacial score (nSPS) is 10.8. The van der Waals surface area contributed by atoms with Crippen LogP contribution >= 0.6 is 11.6 Å². The topological polar surface area (TPSA) is 82.3 Å². The molecular weight excluding hydrogens is 407 g/mol. The molecule has 0 fully saturated rings. The number of nitrogens with two attached hydrogens (primary N) is 1. The summed E-state index contributed by atoms with van der Waals surface area (Å²) in [5.74, 6) is 0.671. The van der Waals surface area contributed by atoms with Crippen LogP contribution in [-0.4, -0.2) is 17.1 Å². The highest BCUT2D eigenvalue weighted by Crippen LogP contribution is 2.32. The van der Waals surface area contributed by atoms with Crippen molar-refractivity contribution < 1.29 is 13.9 Å². The number of rotatable bonds is 6. The zero-order valence-electron chi connectivity index (χ0n) is 16.0. The minimum absolute atomic E-state index is 0.141. The number of anilines is 3. The smallest absolute Gasteiger partial charge is 0.167 e. The molecule has 0 unspecified atom stereocenters. The number of ether oxygens (including phenoxy) is 2. The molecule has 0 spiro atoms. The van der Waals surface area contributed by atoms with Gasteiger partial charge in [-0.15, -0.1) is 0 Å². The van der Waals surface area contributed by atoms with Gasteiger partial charge in [-0.3, -0.25) is 0 Å². The third-order valence-corrected chi connectivity index (χ3v) is 4.70. The molecule has 3 N–H and O–H groups in total. The standard InChI is InChI=1S/C22H18ClFN4O2/c1-29-21-10-19-16(9-18(21)25)22(27-12-26-19)28-15-5-6-20(17(24)8-15)30-11-13-3-2-4-14(23)7-13/h2-10,12H,11,25H2,1H3,(H,26,27,28). The molecule has 0 saturated heterocycles. The van der Waals surface area contributed by atoms with Gasteiger partial charge in [0, 0.05) is 28.2 Å². The summed E-state index contributed by atoms with van der Waals surface area (Å²) >= 11 is 5.96. The maximum atomic E-state index is 14.6. The van der Waals surface area contributed by atoms with Gasteiger partial charge in [0.25, 0.3) is 0 Å². The van der Waals surface area contributed by atoms with Gasteiger partial charge in [0.05, 0.1) is 18.3 Å². The van der Waals surface area contributed by atoms with Gasteiger partial charge < -0.3 is 20.5 Å². The number of hydrogen-bond donors (Lipinski definition) is 2. The highest BCUT2D eigenvalue weighted by atomic mass is 35.5. The van der Waals surface area contributed by atoms with Gasteiger partial charge in [-0.05, 0) is 35.9 Å². The van der Waals surface area contributed by atoms with E-state index in [1.54, 1.807) is 36.4 Å². The lowest BCUT2D eigenvalue weighted by molar-refractivity contribution is 0.290. The molecular formula is C22H18ClFN4O2. The zero-order chi connectivity index (χ0) is 21.1. The van der Waals surface area contributed by atoms with Gasteiger partial charge in [-0.1, -0.05) is 23.7 Å². The molecule has 0 amide bonds. The predicted octanol–water partition coefficient (Wildman–Crippen LogP) is 5.34. The largest absolute Gasteiger partial charge is 0.495 e. The number of halogens is 2. The fourth-order valence-corrected chi connectivity index (χ4v) is 3.21. The van der Waals surface area contributed by atoms with Gasteiger partial charge in [-0.25, -0.2) is 14.4 Å². The molecule has 0 aliphatic carbocycles. The van der Waals surface area contributed by atoms with Gasteiger partial charge in [0.2, 0.25) is 0 Å². The summed E-state index contributed by atoms with van der Waals surface area (Å²) in [5.41, 5.74) is 8.47. The molecule has 4 aromatic rings. The predicted molar refractivity (Wildman–Crippen MR) is 116 cm³/mol. The molecule has 0 saturated carbocycles. The number of aromatic nitrogens is 2. The van der Waals surface area contributed by atoms with E-state index in [1.165, 1.54) is 19.5 Å². The molecule has 0 bridgehead atoms. The van der Waals surface area contributed by atoms with Crippen molar-refractivity contribution in [3.8, 4) is 11.5 Å². The van der Waals surface area contributed by atoms with E-state index in [2.05, 4.69) is 15.3 Å². The molecule has 0 radical (unpaired) electrons. The van der Waals surface area contributed by atoms with E-state index < -0.39 is 5.82 Å². The Hall–Kier alpha value is -3.58. The molecule has 30 heavy (non-hydrogen) atoms. The van der Waals surface area contributed by atoms with Crippen LogP contribution in [0.1, 0.15) is 5.56 Å². The van der Waals surface area contributed by atoms with Crippen molar-refractivity contribution in [1.82, 2.24) is 9.97 Å². The Balaban J connectivity index is 1.54. The Kier molecular flexibility index (Phi) is 5.54. The van der Waals surface area contributed by atoms with Gasteiger partial charge in [-0.2, -0.15) is 0 Å². The third kappa shape index (κ3) is 4.21. The van der Waals surface area contributed by atoms with E-state index in [0.717, 1.165) is 5.56 Å². The summed E-state index contributed by atoms with van der Waals surface area (Å²) in [6.45, 7) is 0.210. The van der Waals surface area contributed by atoms with Crippen molar-refractivity contribution in [2.75, 3.05) is 18.2 Å². The Morgan fingerprint density at radius 3 is 2.70 bits per heavy atom. The first-order chi connectivity index (χ1) is 14.5. The summed E-state index contributed by atoms with van der Waals surface area (Å²) in [7, 11) is 1.54. The fourth-order valence-electron chi connectivity index (χ4n) is 3.00. The molecule has 0 aliphatic rings. The van der Waals surface area contributed by atoms with Crippen molar-refractivity contribution in [1.29, 1.82) is 0 Å². The van der Waals surface area contributed by atoms with E-state index in [1.807, 2.05) is 12.1 Å². The van der Waals surface area contributed by atoms with Gasteiger partial charge >= 0.3 is 0 Å². The summed E-state index contributed by atoms with van der Waals surface area (Å²) < 4.78 is 25.4. The van der Waals surface area contributed by atoms with Crippen molar-refractivity contribution >= 4 is 39.7 Å². The quantitative estimate of drug-likeness (QED) is 0.407. The number of fused-ring (bicyclic) bond motifs is 1. The van der Waals surface area contributed by atoms with Crippen LogP contribution in [-0.2, 0) is 6.61 Å². The summed E-state index contributed by atoms with van der Waals surface area (Å²) in [5, 5.41) is 4.40. The Morgan fingerprint density at radius 2 is 1.93 bits per heavy atom. The first-order valence-electron chi connectivity index (χ1n) is 9.05. The van der Waals surface area contributed by atoms with Gasteiger partial charge in [0.15, 0.2) is 11.6 Å². The maximum Gasteiger partial charge on any atom is 0.167 e. The van der Waals surface area contributed by atoms with Crippen LogP contribution < -0.4 is 20.5 Å². The van der Waals surface area contributed by atoms with Crippen molar-refractivity contribution in [3.05, 3.63) is 77.3 Å². The summed E-state index contributed by atoms with van der Waals surface area (Å²) in [6, 6.07) is 15.3. The monoisotopic (exact) mass is 424 g/mol. The van der Waals surface area contributed by atoms with Crippen LogP contribution in [0.5, 0.6) is 11.5 Å². The fraction of sp³-hybridized carbons (Fsp3) is 0.0909. The van der Waals surface area contributed by atoms with E-state index in [-0.39, 0.29) is 12.4 Å². The molecule has 8 heteroatoms. The van der Waals surface area contributed by atoms with Crippen LogP contribution in [0, 0.1) is 5.82 Å². The second kappa shape index (κ2) is 8.42. The number of benzene rings is 3. The minimum atomic E-state index is -0.499. The lowest BCUT2D eigenvalue weighted by Crippen LogP contribution is -2.00. The first-order valence-corrected chi connectivity index (χ1v) is 9.43. The number of hydrogen-bond acceptors (Lipinski definition) is 6. The number of methoxy groups -OCH3 is 1. The Bertz CT molecular complexity index is 1220. The molecule has 6 nitrogen and oxygen atoms in total. The highest BCUT2D eigenvalue weighted by Gasteiger charge is 2.11. The van der Waals surface area contributed by atoms with Crippen LogP contribution in [0.3, 0.4) is 0 Å². The second-order valence-electron chi connectivity index (χ2n) is 6.52. The van der Waals surface area contributed by atoms with Crippen LogP contribution in [0.2, 0.25) is 5.02 Å². The third-order valence-electron chi connectivity index (χ3n) is 4.46. The van der Waals surface area contributed by atoms with Crippen LogP contribution in [0.4, 0.5) is 21.6 Å². The minimum Gasteiger partial charge on any atom is -0.495 e. The Labute approximate surface area is 177 Å². The first kappa shape index (κ1) is 19.7. The maximum absolute atomic E-state index is 14.6. The molecule has 1 heterocycles. The molecule has 1 aromatic heterocycles. The molecule has 152 valence electrons. The molecule has 0 atom stereocenters. The number of nitrogens with zero attached hydrogens (tertiary/aromatic N) is 2. The van der Waals surface area contributed by atoms with E-state index in [9.17, 15) is 4.39 Å². The summed E-state index contributed by atoms with van der Waals surface area (Å²) in [4.78, 5) is 8.48. The number of nitrogen functional groups attached to an aromatic ring is 1. The molecule has 3 aromatic carbocycles. The van der Waals surface area contributed by atoms with Crippen LogP contribution in [0.15, 0.2) is 60.9 Å². The Morgan fingerprint density at radius 1 is 1.07 bits per heavy atom. The van der Waals surface area contributed by atoms with E-state index >= 15 is 0 Å². The van der Waals surface area contributed by atoms with Gasteiger partial charge in [0.1, 0.15) is 24.5 Å². The molecule has 4 rings (SSSR count). The second-order valence-corrected chi connectivity index (χ2v) is 6.96. The van der Waals surface area contributed by atoms with Crippen LogP contribution in [0.25, 0.3) is 10.9 Å². The van der Waals surface area contributed by atoms with Crippen molar-refractivity contribution in [2.24, 2.45) is 0 Å². The van der Waals surface area contributed by atoms with E-state index in [0.29, 0.717) is 38.9 Å². The highest BCUT2D eigenvalue weighted by molar-refractivity contribution is 6.30. The SMILES string of the molecule is COc1cc2ncnc(Nc3ccc(OCc4cccc(Cl)c4)c(F)c3)c2cc1N. The van der Waals surface area contributed by atoms with Crippen molar-refractivity contribution in [2.45, 2.75) is 6.61 Å². The zero-order valence-corrected chi connectivity index (χ0v) is 16.8. The average molecular weight is 425 g/mol. The lowest BCUT2D eigenvalue weighted by Gasteiger charge is -2.12. The lowest BCUT2D eigenvalue weighted by atomic mass is 10.2. The van der Waals surface area contributed by atoms with Crippen molar-refractivity contribution in [3.63, 3.8) is 0 Å². The summed E-state index contributed by atoms with van der Waals surface area (Å²) in [6.07, 6.45) is 1.42. The molecule has 0 aliphatic heterocycles. The van der Waals surface area contributed by atoms with E-state index in [4.69, 9.17) is 26.8 Å². The average Bonchev–Trinajstić information content (AvgIpc) is 2.73.